The van der Waals surface area contributed by atoms with Gasteiger partial charge >= 0.3 is 5.56 Å². The summed E-state index contributed by atoms with van der Waals surface area (Å²) in [7, 11) is 0. The molecule has 0 spiro atoms. The monoisotopic (exact) mass is 484 g/mol. The molecule has 0 fully saturated rings. The van der Waals surface area contributed by atoms with E-state index in [2.05, 4.69) is 51.6 Å². The Kier molecular flexibility index (Phi) is 5.35. The minimum Gasteiger partial charge on any atom is -0.501 e. The standard InChI is InChI=1S/C27H28N6O3/c1-16(2)32-13-22(21-12-18-8-4-3-7-17(18)11-19-9-5-6-10-20(19)21)33-23(26(32)36)24(34)25(35)30-27(33)31-14-28-29-15-31/h4-6,8-10,14-16,21-22,34H,3,7,11-13H2,1-2H3/t21?,22-/m1/s1. The maximum Gasteiger partial charge on any atom is 0.317 e. The Hall–Kier alpha value is -4.01. The first-order valence-electron chi connectivity index (χ1n) is 12.4. The van der Waals surface area contributed by atoms with Crippen LogP contribution in [0.1, 0.15) is 66.7 Å². The number of hydrogen-bond acceptors (Lipinski definition) is 6. The molecule has 0 bridgehead atoms. The average Bonchev–Trinajstić information content (AvgIpc) is 3.35. The van der Waals surface area contributed by atoms with Crippen molar-refractivity contribution in [2.24, 2.45) is 0 Å². The van der Waals surface area contributed by atoms with Crippen LogP contribution in [-0.4, -0.2) is 52.8 Å². The topological polar surface area (TPSA) is 106 Å². The van der Waals surface area contributed by atoms with Crippen LogP contribution in [0.5, 0.6) is 5.75 Å². The third kappa shape index (κ3) is 3.49. The molecule has 3 aliphatic rings. The van der Waals surface area contributed by atoms with Gasteiger partial charge in [0.05, 0.1) is 6.04 Å². The average molecular weight is 485 g/mol. The fraction of sp³-hybridized carbons (Fsp3) is 0.370. The van der Waals surface area contributed by atoms with E-state index in [1.54, 1.807) is 9.47 Å². The number of carbonyl (C=O) groups is 1. The van der Waals surface area contributed by atoms with Crippen LogP contribution in [-0.2, 0) is 6.42 Å². The van der Waals surface area contributed by atoms with Gasteiger partial charge in [0.25, 0.3) is 5.91 Å². The molecular weight excluding hydrogens is 456 g/mol. The third-order valence-corrected chi connectivity index (χ3v) is 7.69. The molecule has 184 valence electrons. The molecule has 9 heteroatoms. The molecule has 6 rings (SSSR count). The molecule has 1 N–H and O–H groups in total. The first-order valence-corrected chi connectivity index (χ1v) is 12.4. The lowest BCUT2D eigenvalue weighted by molar-refractivity contribution is 0.0577. The van der Waals surface area contributed by atoms with Crippen molar-refractivity contribution in [1.82, 2.24) is 29.2 Å². The molecule has 0 saturated heterocycles. The Balaban J connectivity index is 1.62. The second-order valence-corrected chi connectivity index (χ2v) is 10.0. The van der Waals surface area contributed by atoms with E-state index in [0.29, 0.717) is 6.54 Å². The van der Waals surface area contributed by atoms with Crippen LogP contribution in [0.15, 0.2) is 65.0 Å². The molecule has 1 amide bonds. The summed E-state index contributed by atoms with van der Waals surface area (Å²) in [5.74, 6) is -0.781. The van der Waals surface area contributed by atoms with Crippen LogP contribution in [0.2, 0.25) is 0 Å². The van der Waals surface area contributed by atoms with Crippen LogP contribution >= 0.6 is 0 Å². The number of aromatic hydroxyl groups is 1. The molecule has 1 aromatic carbocycles. The number of nitrogens with zero attached hydrogens (tertiary/aromatic N) is 6. The minimum absolute atomic E-state index is 0.0107. The Morgan fingerprint density at radius 3 is 2.67 bits per heavy atom. The van der Waals surface area contributed by atoms with Crippen molar-refractivity contribution in [3.63, 3.8) is 0 Å². The van der Waals surface area contributed by atoms with Gasteiger partial charge in [-0.15, -0.1) is 10.2 Å². The first-order chi connectivity index (χ1) is 17.4. The van der Waals surface area contributed by atoms with Crippen LogP contribution in [0.3, 0.4) is 0 Å². The van der Waals surface area contributed by atoms with Gasteiger partial charge in [-0.2, -0.15) is 4.98 Å². The van der Waals surface area contributed by atoms with Gasteiger partial charge in [-0.1, -0.05) is 42.0 Å². The maximum atomic E-state index is 13.6. The second kappa shape index (κ2) is 8.58. The molecule has 2 aliphatic carbocycles. The van der Waals surface area contributed by atoms with Gasteiger partial charge in [0, 0.05) is 18.5 Å². The van der Waals surface area contributed by atoms with Gasteiger partial charge in [0.2, 0.25) is 11.7 Å². The van der Waals surface area contributed by atoms with E-state index in [1.165, 1.54) is 39.5 Å². The van der Waals surface area contributed by atoms with Crippen molar-refractivity contribution < 1.29 is 9.90 Å². The summed E-state index contributed by atoms with van der Waals surface area (Å²) in [5.41, 5.74) is 4.42. The number of fused-ring (bicyclic) bond motifs is 2. The van der Waals surface area contributed by atoms with E-state index in [1.807, 2.05) is 13.8 Å². The van der Waals surface area contributed by atoms with Crippen molar-refractivity contribution in [1.29, 1.82) is 0 Å². The SMILES string of the molecule is CC(C)N1C[C@H](C2CC3=C(CCC=C3)Cc3ccccc32)n2c(-n3cnnc3)nc(=O)c(O)c2C1=O. The van der Waals surface area contributed by atoms with Gasteiger partial charge in [0.1, 0.15) is 12.7 Å². The summed E-state index contributed by atoms with van der Waals surface area (Å²) >= 11 is 0. The van der Waals surface area contributed by atoms with Crippen molar-refractivity contribution in [3.05, 3.63) is 87.4 Å². The molecule has 0 radical (unpaired) electrons. The smallest absolute Gasteiger partial charge is 0.317 e. The number of hydrogen-bond donors (Lipinski definition) is 1. The summed E-state index contributed by atoms with van der Waals surface area (Å²) in [6.07, 6.45) is 11.2. The van der Waals surface area contributed by atoms with E-state index in [-0.39, 0.29) is 35.6 Å². The summed E-state index contributed by atoms with van der Waals surface area (Å²) in [6, 6.07) is 8.11. The zero-order valence-electron chi connectivity index (χ0n) is 20.3. The molecule has 3 heterocycles. The predicted molar refractivity (Wildman–Crippen MR) is 133 cm³/mol. The molecule has 2 atom stereocenters. The Bertz CT molecular complexity index is 1470. The van der Waals surface area contributed by atoms with E-state index in [0.717, 1.165) is 25.7 Å². The number of allylic oxidation sites excluding steroid dienone is 4. The maximum absolute atomic E-state index is 13.6. The number of aromatic nitrogens is 5. The quantitative estimate of drug-likeness (QED) is 0.611. The predicted octanol–water partition coefficient (Wildman–Crippen LogP) is 3.31. The normalized spacial score (nSPS) is 21.3. The second-order valence-electron chi connectivity index (χ2n) is 10.0. The molecule has 36 heavy (non-hydrogen) atoms. The minimum atomic E-state index is -0.843. The van der Waals surface area contributed by atoms with Gasteiger partial charge in [-0.3, -0.25) is 18.7 Å². The number of rotatable bonds is 3. The number of carbonyl (C=O) groups excluding carboxylic acids is 1. The highest BCUT2D eigenvalue weighted by atomic mass is 16.3. The van der Waals surface area contributed by atoms with E-state index >= 15 is 0 Å². The van der Waals surface area contributed by atoms with Crippen molar-refractivity contribution in [3.8, 4) is 11.7 Å². The molecule has 0 saturated carbocycles. The van der Waals surface area contributed by atoms with E-state index in [4.69, 9.17) is 0 Å². The van der Waals surface area contributed by atoms with Crippen LogP contribution in [0.25, 0.3) is 5.95 Å². The van der Waals surface area contributed by atoms with Gasteiger partial charge < -0.3 is 10.0 Å². The summed E-state index contributed by atoms with van der Waals surface area (Å²) in [5, 5.41) is 18.7. The molecule has 9 nitrogen and oxygen atoms in total. The highest BCUT2D eigenvalue weighted by Gasteiger charge is 2.42. The zero-order valence-corrected chi connectivity index (χ0v) is 20.3. The van der Waals surface area contributed by atoms with Crippen molar-refractivity contribution in [2.45, 2.75) is 57.5 Å². The Morgan fingerprint density at radius 2 is 1.89 bits per heavy atom. The molecule has 2 aromatic heterocycles. The lowest BCUT2D eigenvalue weighted by Crippen LogP contribution is -2.50. The van der Waals surface area contributed by atoms with E-state index < -0.39 is 11.3 Å². The fourth-order valence-corrected chi connectivity index (χ4v) is 5.93. The largest absolute Gasteiger partial charge is 0.501 e. The van der Waals surface area contributed by atoms with Gasteiger partial charge in [0.15, 0.2) is 5.69 Å². The van der Waals surface area contributed by atoms with Crippen LogP contribution in [0, 0.1) is 0 Å². The van der Waals surface area contributed by atoms with Gasteiger partial charge in [-0.25, -0.2) is 0 Å². The molecule has 1 aliphatic heterocycles. The lowest BCUT2D eigenvalue weighted by Gasteiger charge is -2.42. The first kappa shape index (κ1) is 22.5. The number of amides is 1. The summed E-state index contributed by atoms with van der Waals surface area (Å²) < 4.78 is 3.28. The third-order valence-electron chi connectivity index (χ3n) is 7.69. The summed E-state index contributed by atoms with van der Waals surface area (Å²) in [6.45, 7) is 4.33. The molecule has 1 unspecified atom stereocenters. The lowest BCUT2D eigenvalue weighted by atomic mass is 9.82. The van der Waals surface area contributed by atoms with E-state index in [9.17, 15) is 14.7 Å². The Labute approximate surface area is 208 Å². The number of benzene rings is 1. The van der Waals surface area contributed by atoms with Crippen LogP contribution in [0.4, 0.5) is 0 Å². The fourth-order valence-electron chi connectivity index (χ4n) is 5.93. The molecule has 3 aromatic rings. The van der Waals surface area contributed by atoms with Gasteiger partial charge in [-0.05, 0) is 56.2 Å². The van der Waals surface area contributed by atoms with Crippen molar-refractivity contribution in [2.75, 3.05) is 6.54 Å². The molecular formula is C27H28N6O3. The Morgan fingerprint density at radius 1 is 1.11 bits per heavy atom. The van der Waals surface area contributed by atoms with Crippen LogP contribution < -0.4 is 5.56 Å². The highest BCUT2D eigenvalue weighted by molar-refractivity contribution is 5.96. The zero-order chi connectivity index (χ0) is 25.0. The van der Waals surface area contributed by atoms with Crippen molar-refractivity contribution >= 4 is 5.91 Å². The summed E-state index contributed by atoms with van der Waals surface area (Å²) in [4.78, 5) is 32.3. The highest BCUT2D eigenvalue weighted by Crippen LogP contribution is 2.45.